The molecule has 1 aliphatic carbocycles. The largest absolute Gasteiger partial charge is 0.325 e. The molecule has 0 spiro atoms. The van der Waals surface area contributed by atoms with Crippen LogP contribution in [0.15, 0.2) is 53.6 Å². The third kappa shape index (κ3) is 3.34. The Labute approximate surface area is 172 Å². The molecule has 5 nitrogen and oxygen atoms in total. The van der Waals surface area contributed by atoms with E-state index in [9.17, 15) is 9.59 Å². The summed E-state index contributed by atoms with van der Waals surface area (Å²) in [6, 6.07) is 13.8. The fraction of sp³-hybridized carbons (Fsp3) is 0.261. The van der Waals surface area contributed by atoms with Crippen LogP contribution in [0.1, 0.15) is 23.8 Å². The molecule has 1 atom stereocenters. The van der Waals surface area contributed by atoms with Crippen LogP contribution in [-0.2, 0) is 24.2 Å². The highest BCUT2D eigenvalue weighted by Gasteiger charge is 2.23. The predicted octanol–water partition coefficient (Wildman–Crippen LogP) is 4.37. The van der Waals surface area contributed by atoms with Gasteiger partial charge in [0, 0.05) is 10.6 Å². The lowest BCUT2D eigenvalue weighted by Crippen LogP contribution is -2.28. The first-order valence-electron chi connectivity index (χ1n) is 9.87. The Morgan fingerprint density at radius 1 is 1.24 bits per heavy atom. The molecule has 4 aromatic rings. The van der Waals surface area contributed by atoms with Crippen LogP contribution in [0.4, 0.5) is 5.69 Å². The van der Waals surface area contributed by atoms with Crippen molar-refractivity contribution >= 4 is 43.9 Å². The molecule has 2 aromatic carbocycles. The lowest BCUT2D eigenvalue weighted by atomic mass is 9.89. The summed E-state index contributed by atoms with van der Waals surface area (Å²) in [4.78, 5) is 32.2. The van der Waals surface area contributed by atoms with Gasteiger partial charge in [0.25, 0.3) is 5.56 Å². The minimum atomic E-state index is -0.235. The van der Waals surface area contributed by atoms with Gasteiger partial charge in [-0.1, -0.05) is 37.3 Å². The van der Waals surface area contributed by atoms with E-state index in [0.29, 0.717) is 11.3 Å². The number of benzene rings is 2. The van der Waals surface area contributed by atoms with E-state index in [1.807, 2.05) is 42.5 Å². The molecule has 2 aromatic heterocycles. The second kappa shape index (κ2) is 7.12. The van der Waals surface area contributed by atoms with E-state index in [-0.39, 0.29) is 18.0 Å². The fourth-order valence-corrected chi connectivity index (χ4v) is 5.44. The first kappa shape index (κ1) is 18.1. The molecule has 2 heterocycles. The van der Waals surface area contributed by atoms with Crippen molar-refractivity contribution in [3.8, 4) is 0 Å². The van der Waals surface area contributed by atoms with Crippen LogP contribution >= 0.6 is 11.3 Å². The molecule has 1 aliphatic rings. The summed E-state index contributed by atoms with van der Waals surface area (Å²) in [5.74, 6) is 0.409. The zero-order chi connectivity index (χ0) is 20.0. The Kier molecular flexibility index (Phi) is 4.43. The van der Waals surface area contributed by atoms with Crippen LogP contribution in [0.3, 0.4) is 0 Å². The van der Waals surface area contributed by atoms with Crippen LogP contribution in [0.5, 0.6) is 0 Å². The van der Waals surface area contributed by atoms with Crippen LogP contribution < -0.4 is 10.9 Å². The van der Waals surface area contributed by atoms with Crippen LogP contribution in [0.25, 0.3) is 21.0 Å². The molecule has 0 fully saturated rings. The van der Waals surface area contributed by atoms with Crippen molar-refractivity contribution in [2.45, 2.75) is 32.7 Å². The van der Waals surface area contributed by atoms with Crippen molar-refractivity contribution in [2.75, 3.05) is 5.32 Å². The van der Waals surface area contributed by atoms with E-state index in [1.54, 1.807) is 11.3 Å². The summed E-state index contributed by atoms with van der Waals surface area (Å²) in [5, 5.41) is 5.78. The smallest absolute Gasteiger partial charge is 0.262 e. The second-order valence-electron chi connectivity index (χ2n) is 7.82. The van der Waals surface area contributed by atoms with Gasteiger partial charge in [0.15, 0.2) is 0 Å². The van der Waals surface area contributed by atoms with E-state index in [0.717, 1.165) is 46.1 Å². The van der Waals surface area contributed by atoms with E-state index < -0.39 is 0 Å². The lowest BCUT2D eigenvalue weighted by Gasteiger charge is -2.17. The highest BCUT2D eigenvalue weighted by Crippen LogP contribution is 2.35. The van der Waals surface area contributed by atoms with Gasteiger partial charge in [0.1, 0.15) is 11.4 Å². The van der Waals surface area contributed by atoms with E-state index in [2.05, 4.69) is 17.2 Å². The highest BCUT2D eigenvalue weighted by atomic mass is 32.1. The van der Waals surface area contributed by atoms with Gasteiger partial charge in [0.05, 0.1) is 11.7 Å². The van der Waals surface area contributed by atoms with Gasteiger partial charge in [-0.25, -0.2) is 4.98 Å². The third-order valence-corrected chi connectivity index (χ3v) is 6.79. The highest BCUT2D eigenvalue weighted by molar-refractivity contribution is 7.18. The van der Waals surface area contributed by atoms with Crippen LogP contribution in [0.2, 0.25) is 0 Å². The Balaban J connectivity index is 1.41. The molecule has 6 heteroatoms. The van der Waals surface area contributed by atoms with E-state index in [4.69, 9.17) is 0 Å². The van der Waals surface area contributed by atoms with Gasteiger partial charge in [-0.2, -0.15) is 0 Å². The van der Waals surface area contributed by atoms with E-state index >= 15 is 0 Å². The summed E-state index contributed by atoms with van der Waals surface area (Å²) in [6.07, 6.45) is 4.52. The number of aromatic nitrogens is 2. The minimum Gasteiger partial charge on any atom is -0.325 e. The Morgan fingerprint density at radius 3 is 2.93 bits per heavy atom. The summed E-state index contributed by atoms with van der Waals surface area (Å²) < 4.78 is 1.42. The number of nitrogens with one attached hydrogen (secondary N) is 1. The van der Waals surface area contributed by atoms with Crippen molar-refractivity contribution in [1.82, 2.24) is 9.55 Å². The SMILES string of the molecule is C[C@H]1CCc2c(sc3ncn(CC(=O)Nc4ccc5ccccc5c4)c(=O)c23)C1. The number of hydrogen-bond acceptors (Lipinski definition) is 4. The summed E-state index contributed by atoms with van der Waals surface area (Å²) in [6.45, 7) is 2.20. The molecule has 0 bridgehead atoms. The number of fused-ring (bicyclic) bond motifs is 4. The van der Waals surface area contributed by atoms with Crippen molar-refractivity contribution in [2.24, 2.45) is 5.92 Å². The Morgan fingerprint density at radius 2 is 2.07 bits per heavy atom. The second-order valence-corrected chi connectivity index (χ2v) is 8.90. The summed E-state index contributed by atoms with van der Waals surface area (Å²) in [5.41, 5.74) is 1.75. The average Bonchev–Trinajstić information content (AvgIpc) is 3.08. The molecule has 146 valence electrons. The van der Waals surface area contributed by atoms with Gasteiger partial charge in [0.2, 0.25) is 5.91 Å². The van der Waals surface area contributed by atoms with Crippen molar-refractivity contribution in [1.29, 1.82) is 0 Å². The fourth-order valence-electron chi connectivity index (χ4n) is 4.10. The predicted molar refractivity (Wildman–Crippen MR) is 118 cm³/mol. The maximum absolute atomic E-state index is 13.1. The zero-order valence-corrected chi connectivity index (χ0v) is 17.0. The first-order chi connectivity index (χ1) is 14.1. The monoisotopic (exact) mass is 403 g/mol. The maximum atomic E-state index is 13.1. The number of carbonyl (C=O) groups is 1. The average molecular weight is 404 g/mol. The van der Waals surface area contributed by atoms with Gasteiger partial charge in [-0.15, -0.1) is 11.3 Å². The zero-order valence-electron chi connectivity index (χ0n) is 16.1. The molecular weight excluding hydrogens is 382 g/mol. The molecule has 0 saturated heterocycles. The lowest BCUT2D eigenvalue weighted by molar-refractivity contribution is -0.116. The first-order valence-corrected chi connectivity index (χ1v) is 10.7. The normalized spacial score (nSPS) is 16.1. The Hall–Kier alpha value is -2.99. The standard InChI is InChI=1S/C23H21N3O2S/c1-14-6-9-18-19(10-14)29-22-21(18)23(28)26(13-24-22)12-20(27)25-17-8-7-15-4-2-3-5-16(15)11-17/h2-5,7-8,11,13-14H,6,9-10,12H2,1H3,(H,25,27)/t14-/m0/s1. The number of nitrogens with zero attached hydrogens (tertiary/aromatic N) is 2. The molecule has 1 amide bonds. The molecule has 0 aliphatic heterocycles. The quantitative estimate of drug-likeness (QED) is 0.552. The molecule has 0 unspecified atom stereocenters. The van der Waals surface area contributed by atoms with Gasteiger partial charge in [-0.05, 0) is 53.6 Å². The molecule has 29 heavy (non-hydrogen) atoms. The molecule has 5 rings (SSSR count). The van der Waals surface area contributed by atoms with Crippen molar-refractivity contribution in [3.63, 3.8) is 0 Å². The number of carbonyl (C=O) groups excluding carboxylic acids is 1. The number of amides is 1. The molecule has 0 radical (unpaired) electrons. The number of rotatable bonds is 3. The van der Waals surface area contributed by atoms with Crippen LogP contribution in [-0.4, -0.2) is 15.5 Å². The van der Waals surface area contributed by atoms with Gasteiger partial charge < -0.3 is 5.32 Å². The minimum absolute atomic E-state index is 0.0460. The summed E-state index contributed by atoms with van der Waals surface area (Å²) in [7, 11) is 0. The number of aryl methyl sites for hydroxylation is 1. The number of hydrogen-bond donors (Lipinski definition) is 1. The van der Waals surface area contributed by atoms with Gasteiger partial charge >= 0.3 is 0 Å². The van der Waals surface area contributed by atoms with Crippen molar-refractivity contribution < 1.29 is 4.79 Å². The topological polar surface area (TPSA) is 64.0 Å². The molecule has 0 saturated carbocycles. The number of anilines is 1. The van der Waals surface area contributed by atoms with E-state index in [1.165, 1.54) is 15.8 Å². The molecular formula is C23H21N3O2S. The summed E-state index contributed by atoms with van der Waals surface area (Å²) >= 11 is 1.62. The van der Waals surface area contributed by atoms with Crippen molar-refractivity contribution in [3.05, 3.63) is 69.6 Å². The molecule has 1 N–H and O–H groups in total. The Bertz CT molecular complexity index is 1300. The number of thiophene rings is 1. The maximum Gasteiger partial charge on any atom is 0.262 e. The van der Waals surface area contributed by atoms with Gasteiger partial charge in [-0.3, -0.25) is 14.2 Å². The third-order valence-electron chi connectivity index (χ3n) is 5.63. The van der Waals surface area contributed by atoms with Crippen LogP contribution in [0, 0.1) is 5.92 Å².